The molecule has 23 heavy (non-hydrogen) atoms. The Labute approximate surface area is 138 Å². The zero-order chi connectivity index (χ0) is 16.8. The summed E-state index contributed by atoms with van der Waals surface area (Å²) in [5, 5.41) is 14.0. The maximum Gasteiger partial charge on any atom is 0.313 e. The Bertz CT molecular complexity index is 717. The number of rotatable bonds is 6. The topological polar surface area (TPSA) is 81.5 Å². The van der Waals surface area contributed by atoms with E-state index in [0.717, 1.165) is 6.42 Å². The first-order chi connectivity index (χ1) is 11.0. The van der Waals surface area contributed by atoms with Crippen molar-refractivity contribution in [2.75, 3.05) is 6.54 Å². The fourth-order valence-electron chi connectivity index (χ4n) is 1.86. The molecule has 0 aliphatic heterocycles. The van der Waals surface area contributed by atoms with Crippen LogP contribution in [-0.2, 0) is 0 Å². The minimum atomic E-state index is -0.562. The summed E-state index contributed by atoms with van der Waals surface area (Å²) in [5.74, 6) is 0.306. The molecular weight excluding hydrogens is 320 g/mol. The van der Waals surface area contributed by atoms with Crippen LogP contribution in [0, 0.1) is 10.1 Å². The van der Waals surface area contributed by atoms with Crippen molar-refractivity contribution in [3.8, 4) is 11.5 Å². The van der Waals surface area contributed by atoms with E-state index in [-0.39, 0.29) is 22.4 Å². The summed E-state index contributed by atoms with van der Waals surface area (Å²) in [6.07, 6.45) is 0.854. The fraction of sp³-hybridized carbons (Fsp3) is 0.188. The molecule has 0 aliphatic rings. The molecule has 0 aromatic heterocycles. The third-order valence-electron chi connectivity index (χ3n) is 3.00. The highest BCUT2D eigenvalue weighted by Crippen LogP contribution is 2.33. The molecule has 2 rings (SSSR count). The third kappa shape index (κ3) is 4.43. The molecule has 1 amide bonds. The number of amides is 1. The van der Waals surface area contributed by atoms with Gasteiger partial charge in [0.15, 0.2) is 0 Å². The van der Waals surface area contributed by atoms with Crippen molar-refractivity contribution in [3.05, 3.63) is 63.2 Å². The normalized spacial score (nSPS) is 10.2. The Balaban J connectivity index is 2.15. The number of nitro benzene ring substituents is 1. The van der Waals surface area contributed by atoms with Crippen LogP contribution in [0.4, 0.5) is 5.69 Å². The van der Waals surface area contributed by atoms with E-state index in [1.165, 1.54) is 18.2 Å². The monoisotopic (exact) mass is 334 g/mol. The number of benzene rings is 2. The van der Waals surface area contributed by atoms with Crippen molar-refractivity contribution >= 4 is 23.2 Å². The Morgan fingerprint density at radius 3 is 2.57 bits per heavy atom. The van der Waals surface area contributed by atoms with E-state index < -0.39 is 4.92 Å². The molecule has 2 aromatic rings. The fourth-order valence-corrected chi connectivity index (χ4v) is 2.03. The summed E-state index contributed by atoms with van der Waals surface area (Å²) >= 11 is 5.76. The van der Waals surface area contributed by atoms with Crippen LogP contribution in [0.25, 0.3) is 0 Å². The smallest absolute Gasteiger partial charge is 0.313 e. The Hall–Kier alpha value is -2.60. The Morgan fingerprint density at radius 2 is 1.96 bits per heavy atom. The average molecular weight is 335 g/mol. The van der Waals surface area contributed by atoms with Gasteiger partial charge in [0.25, 0.3) is 5.91 Å². The van der Waals surface area contributed by atoms with Crippen molar-refractivity contribution in [1.29, 1.82) is 0 Å². The van der Waals surface area contributed by atoms with Gasteiger partial charge in [-0.05, 0) is 42.8 Å². The highest BCUT2D eigenvalue weighted by atomic mass is 35.5. The van der Waals surface area contributed by atoms with Crippen molar-refractivity contribution in [1.82, 2.24) is 5.32 Å². The standard InChI is InChI=1S/C16H15ClN2O4/c1-2-9-18-16(20)11-3-6-13(7-4-11)23-15-8-5-12(17)10-14(15)19(21)22/h3-8,10H,2,9H2,1H3,(H,18,20). The third-order valence-corrected chi connectivity index (χ3v) is 3.23. The molecule has 0 atom stereocenters. The van der Waals surface area contributed by atoms with E-state index in [0.29, 0.717) is 17.9 Å². The molecule has 0 aliphatic carbocycles. The number of hydrogen-bond donors (Lipinski definition) is 1. The summed E-state index contributed by atoms with van der Waals surface area (Å²) in [7, 11) is 0. The van der Waals surface area contributed by atoms with Gasteiger partial charge < -0.3 is 10.1 Å². The summed E-state index contributed by atoms with van der Waals surface area (Å²) < 4.78 is 5.51. The number of halogens is 1. The number of carbonyl (C=O) groups excluding carboxylic acids is 1. The molecule has 1 N–H and O–H groups in total. The van der Waals surface area contributed by atoms with E-state index in [1.807, 2.05) is 6.92 Å². The molecule has 0 unspecified atom stereocenters. The van der Waals surface area contributed by atoms with E-state index in [2.05, 4.69) is 5.32 Å². The van der Waals surface area contributed by atoms with Crippen LogP contribution in [0.15, 0.2) is 42.5 Å². The lowest BCUT2D eigenvalue weighted by Gasteiger charge is -2.08. The van der Waals surface area contributed by atoms with E-state index in [9.17, 15) is 14.9 Å². The number of ether oxygens (including phenoxy) is 1. The van der Waals surface area contributed by atoms with Gasteiger partial charge >= 0.3 is 5.69 Å². The van der Waals surface area contributed by atoms with E-state index >= 15 is 0 Å². The lowest BCUT2D eigenvalue weighted by molar-refractivity contribution is -0.385. The second-order valence-electron chi connectivity index (χ2n) is 4.75. The molecule has 2 aromatic carbocycles. The predicted molar refractivity (Wildman–Crippen MR) is 87.2 cm³/mol. The SMILES string of the molecule is CCCNC(=O)c1ccc(Oc2ccc(Cl)cc2[N+](=O)[O-])cc1. The van der Waals surface area contributed by atoms with Crippen molar-refractivity contribution in [3.63, 3.8) is 0 Å². The number of nitrogens with one attached hydrogen (secondary N) is 1. The van der Waals surface area contributed by atoms with Crippen molar-refractivity contribution < 1.29 is 14.5 Å². The van der Waals surface area contributed by atoms with Gasteiger partial charge in [-0.1, -0.05) is 18.5 Å². The zero-order valence-electron chi connectivity index (χ0n) is 12.4. The average Bonchev–Trinajstić information content (AvgIpc) is 2.54. The minimum absolute atomic E-state index is 0.0857. The van der Waals surface area contributed by atoms with Gasteiger partial charge in [-0.25, -0.2) is 0 Å². The van der Waals surface area contributed by atoms with E-state index in [1.54, 1.807) is 24.3 Å². The summed E-state index contributed by atoms with van der Waals surface area (Å²) in [4.78, 5) is 22.3. The lowest BCUT2D eigenvalue weighted by Crippen LogP contribution is -2.23. The highest BCUT2D eigenvalue weighted by molar-refractivity contribution is 6.30. The summed E-state index contributed by atoms with van der Waals surface area (Å²) in [6, 6.07) is 10.5. The first-order valence-corrected chi connectivity index (χ1v) is 7.39. The molecule has 0 heterocycles. The molecule has 6 nitrogen and oxygen atoms in total. The Kier molecular flexibility index (Phi) is 5.54. The van der Waals surface area contributed by atoms with Gasteiger partial charge in [-0.3, -0.25) is 14.9 Å². The van der Waals surface area contributed by atoms with Crippen LogP contribution in [0.1, 0.15) is 23.7 Å². The molecule has 0 bridgehead atoms. The quantitative estimate of drug-likeness (QED) is 0.634. The molecule has 0 saturated heterocycles. The minimum Gasteiger partial charge on any atom is -0.450 e. The summed E-state index contributed by atoms with van der Waals surface area (Å²) in [6.45, 7) is 2.57. The van der Waals surface area contributed by atoms with Gasteiger partial charge in [0, 0.05) is 23.2 Å². The number of nitrogens with zero attached hydrogens (tertiary/aromatic N) is 1. The highest BCUT2D eigenvalue weighted by Gasteiger charge is 2.16. The Morgan fingerprint density at radius 1 is 1.26 bits per heavy atom. The van der Waals surface area contributed by atoms with Gasteiger partial charge in [0.2, 0.25) is 5.75 Å². The zero-order valence-corrected chi connectivity index (χ0v) is 13.2. The van der Waals surface area contributed by atoms with Crippen LogP contribution in [-0.4, -0.2) is 17.4 Å². The van der Waals surface area contributed by atoms with Gasteiger partial charge in [0.05, 0.1) is 4.92 Å². The van der Waals surface area contributed by atoms with E-state index in [4.69, 9.17) is 16.3 Å². The number of carbonyl (C=O) groups is 1. The summed E-state index contributed by atoms with van der Waals surface area (Å²) in [5.41, 5.74) is 0.277. The number of nitro groups is 1. The molecule has 0 radical (unpaired) electrons. The lowest BCUT2D eigenvalue weighted by atomic mass is 10.2. The van der Waals surface area contributed by atoms with Crippen LogP contribution < -0.4 is 10.1 Å². The molecule has 0 saturated carbocycles. The van der Waals surface area contributed by atoms with Crippen LogP contribution in [0.3, 0.4) is 0 Å². The van der Waals surface area contributed by atoms with Crippen molar-refractivity contribution in [2.24, 2.45) is 0 Å². The molecule has 120 valence electrons. The van der Waals surface area contributed by atoms with Crippen molar-refractivity contribution in [2.45, 2.75) is 13.3 Å². The number of hydrogen-bond acceptors (Lipinski definition) is 4. The maximum absolute atomic E-state index is 11.8. The molecule has 0 fully saturated rings. The molecular formula is C16H15ClN2O4. The first-order valence-electron chi connectivity index (χ1n) is 7.01. The first kappa shape index (κ1) is 16.8. The largest absolute Gasteiger partial charge is 0.450 e. The van der Waals surface area contributed by atoms with Gasteiger partial charge in [-0.2, -0.15) is 0 Å². The van der Waals surface area contributed by atoms with Crippen LogP contribution in [0.2, 0.25) is 5.02 Å². The van der Waals surface area contributed by atoms with Crippen LogP contribution in [0.5, 0.6) is 11.5 Å². The molecule has 7 heteroatoms. The molecule has 0 spiro atoms. The second kappa shape index (κ2) is 7.60. The maximum atomic E-state index is 11.8. The van der Waals surface area contributed by atoms with Gasteiger partial charge in [-0.15, -0.1) is 0 Å². The van der Waals surface area contributed by atoms with Gasteiger partial charge in [0.1, 0.15) is 5.75 Å². The predicted octanol–water partition coefficient (Wildman–Crippen LogP) is 4.18. The second-order valence-corrected chi connectivity index (χ2v) is 5.19. The van der Waals surface area contributed by atoms with Crippen LogP contribution >= 0.6 is 11.6 Å².